The number of halogens is 5. The predicted octanol–water partition coefficient (Wildman–Crippen LogP) is 3.22. The molecule has 3 nitrogen and oxygen atoms in total. The fourth-order valence-corrected chi connectivity index (χ4v) is 1.61. The minimum atomic E-state index is -1.46. The normalized spacial score (nSPS) is 10.5. The van der Waals surface area contributed by atoms with E-state index in [4.69, 9.17) is 5.73 Å². The van der Waals surface area contributed by atoms with Crippen LogP contribution in [0.4, 0.5) is 33.3 Å². The van der Waals surface area contributed by atoms with Crippen LogP contribution in [0.3, 0.4) is 0 Å². The van der Waals surface area contributed by atoms with E-state index in [1.165, 1.54) is 0 Å². The van der Waals surface area contributed by atoms with Crippen LogP contribution >= 0.6 is 0 Å². The van der Waals surface area contributed by atoms with Crippen LogP contribution < -0.4 is 11.1 Å². The maximum absolute atomic E-state index is 13.6. The first-order valence-corrected chi connectivity index (χ1v) is 5.50. The maximum Gasteiger partial charge on any atom is 0.261 e. The van der Waals surface area contributed by atoms with E-state index < -0.39 is 51.9 Å². The summed E-state index contributed by atoms with van der Waals surface area (Å²) in [7, 11) is 0. The molecule has 0 saturated carbocycles. The van der Waals surface area contributed by atoms with Crippen molar-refractivity contribution in [1.82, 2.24) is 0 Å². The summed E-state index contributed by atoms with van der Waals surface area (Å²) < 4.78 is 66.5. The summed E-state index contributed by atoms with van der Waals surface area (Å²) in [6.07, 6.45) is 0. The number of rotatable bonds is 2. The maximum atomic E-state index is 13.6. The molecule has 21 heavy (non-hydrogen) atoms. The molecule has 2 aromatic rings. The molecule has 0 bridgehead atoms. The van der Waals surface area contributed by atoms with Crippen LogP contribution in [0.15, 0.2) is 24.3 Å². The van der Waals surface area contributed by atoms with Crippen molar-refractivity contribution in [3.63, 3.8) is 0 Å². The Bertz CT molecular complexity index is 710. The number of nitrogens with two attached hydrogens (primary N) is 1. The molecule has 8 heteroatoms. The highest BCUT2D eigenvalue weighted by Gasteiger charge is 2.22. The Morgan fingerprint density at radius 1 is 0.952 bits per heavy atom. The van der Waals surface area contributed by atoms with Crippen LogP contribution in [0.25, 0.3) is 0 Å². The van der Waals surface area contributed by atoms with Crippen molar-refractivity contribution < 1.29 is 26.7 Å². The van der Waals surface area contributed by atoms with Crippen molar-refractivity contribution in [1.29, 1.82) is 0 Å². The number of carbonyl (C=O) groups is 1. The van der Waals surface area contributed by atoms with Crippen LogP contribution in [-0.2, 0) is 0 Å². The fraction of sp³-hybridized carbons (Fsp3) is 0. The standard InChI is InChI=1S/C13H7F5N2O/c14-5-3-7(16)12(8(17)4-5)20-13(21)10-6(15)1-2-9(19)11(10)18/h1-4H,19H2,(H,20,21). The first kappa shape index (κ1) is 14.8. The Balaban J connectivity index is 2.42. The largest absolute Gasteiger partial charge is 0.396 e. The zero-order valence-corrected chi connectivity index (χ0v) is 10.2. The average molecular weight is 302 g/mol. The fourth-order valence-electron chi connectivity index (χ4n) is 1.61. The number of benzene rings is 2. The topological polar surface area (TPSA) is 55.1 Å². The summed E-state index contributed by atoms with van der Waals surface area (Å²) in [4.78, 5) is 11.7. The highest BCUT2D eigenvalue weighted by atomic mass is 19.2. The number of nitrogens with one attached hydrogen (secondary N) is 1. The van der Waals surface area contributed by atoms with Gasteiger partial charge in [0.1, 0.15) is 22.9 Å². The quantitative estimate of drug-likeness (QED) is 0.661. The molecular formula is C13H7F5N2O. The van der Waals surface area contributed by atoms with Gasteiger partial charge in [0.25, 0.3) is 5.91 Å². The molecule has 3 N–H and O–H groups in total. The molecule has 110 valence electrons. The third kappa shape index (κ3) is 2.78. The molecule has 2 rings (SSSR count). The van der Waals surface area contributed by atoms with Crippen LogP contribution in [0.5, 0.6) is 0 Å². The van der Waals surface area contributed by atoms with Gasteiger partial charge in [-0.1, -0.05) is 0 Å². The van der Waals surface area contributed by atoms with E-state index in [0.717, 1.165) is 12.1 Å². The Morgan fingerprint density at radius 3 is 2.10 bits per heavy atom. The van der Waals surface area contributed by atoms with Gasteiger partial charge in [-0.25, -0.2) is 22.0 Å². The summed E-state index contributed by atoms with van der Waals surface area (Å²) in [5.41, 5.74) is 2.54. The third-order valence-electron chi connectivity index (χ3n) is 2.59. The van der Waals surface area contributed by atoms with Crippen molar-refractivity contribution >= 4 is 17.3 Å². The van der Waals surface area contributed by atoms with Gasteiger partial charge in [0.05, 0.1) is 5.69 Å². The number of amides is 1. The second-order valence-corrected chi connectivity index (χ2v) is 4.02. The highest BCUT2D eigenvalue weighted by Crippen LogP contribution is 2.23. The Labute approximate surface area is 115 Å². The molecule has 1 amide bonds. The summed E-state index contributed by atoms with van der Waals surface area (Å²) >= 11 is 0. The van der Waals surface area contributed by atoms with E-state index in [2.05, 4.69) is 0 Å². The van der Waals surface area contributed by atoms with Gasteiger partial charge in [0, 0.05) is 12.1 Å². The molecule has 0 aromatic heterocycles. The lowest BCUT2D eigenvalue weighted by Crippen LogP contribution is -2.18. The number of hydrogen-bond donors (Lipinski definition) is 2. The van der Waals surface area contributed by atoms with Gasteiger partial charge in [0.2, 0.25) is 0 Å². The molecule has 2 aromatic carbocycles. The molecule has 0 unspecified atom stereocenters. The van der Waals surface area contributed by atoms with Crippen LogP contribution in [0.1, 0.15) is 10.4 Å². The molecule has 0 fully saturated rings. The smallest absolute Gasteiger partial charge is 0.261 e. The Hall–Kier alpha value is -2.64. The van der Waals surface area contributed by atoms with E-state index in [1.807, 2.05) is 0 Å². The molecule has 0 aliphatic carbocycles. The zero-order valence-electron chi connectivity index (χ0n) is 10.2. The van der Waals surface area contributed by atoms with Crippen molar-refractivity contribution in [2.45, 2.75) is 0 Å². The van der Waals surface area contributed by atoms with E-state index in [9.17, 15) is 26.7 Å². The molecule has 0 atom stereocenters. The van der Waals surface area contributed by atoms with Crippen molar-refractivity contribution in [2.75, 3.05) is 11.1 Å². The molecule has 0 heterocycles. The minimum Gasteiger partial charge on any atom is -0.396 e. The Kier molecular flexibility index (Phi) is 3.79. The molecule has 0 aliphatic rings. The summed E-state index contributed by atoms with van der Waals surface area (Å²) in [5, 5.41) is 1.64. The monoisotopic (exact) mass is 302 g/mol. The van der Waals surface area contributed by atoms with Crippen LogP contribution in [0.2, 0.25) is 0 Å². The first-order valence-electron chi connectivity index (χ1n) is 5.50. The lowest BCUT2D eigenvalue weighted by Gasteiger charge is -2.10. The zero-order chi connectivity index (χ0) is 15.7. The van der Waals surface area contributed by atoms with Crippen molar-refractivity contribution in [2.24, 2.45) is 0 Å². The van der Waals surface area contributed by atoms with E-state index in [1.54, 1.807) is 5.32 Å². The minimum absolute atomic E-state index is 0.310. The number of nitrogen functional groups attached to an aromatic ring is 1. The molecule has 0 saturated heterocycles. The lowest BCUT2D eigenvalue weighted by molar-refractivity contribution is 0.101. The second-order valence-electron chi connectivity index (χ2n) is 4.02. The van der Waals surface area contributed by atoms with Gasteiger partial charge in [-0.3, -0.25) is 4.79 Å². The number of carbonyl (C=O) groups excluding carboxylic acids is 1. The van der Waals surface area contributed by atoms with Gasteiger partial charge >= 0.3 is 0 Å². The summed E-state index contributed by atoms with van der Waals surface area (Å²) in [6, 6.07) is 2.24. The SMILES string of the molecule is Nc1ccc(F)c(C(=O)Nc2c(F)cc(F)cc2F)c1F. The lowest BCUT2D eigenvalue weighted by atomic mass is 10.1. The van der Waals surface area contributed by atoms with Gasteiger partial charge in [-0.2, -0.15) is 0 Å². The second kappa shape index (κ2) is 5.39. The Morgan fingerprint density at radius 2 is 1.52 bits per heavy atom. The number of anilines is 2. The van der Waals surface area contributed by atoms with Gasteiger partial charge in [-0.15, -0.1) is 0 Å². The van der Waals surface area contributed by atoms with Gasteiger partial charge in [0.15, 0.2) is 17.5 Å². The first-order chi connectivity index (χ1) is 9.81. The van der Waals surface area contributed by atoms with Crippen LogP contribution in [0, 0.1) is 29.1 Å². The highest BCUT2D eigenvalue weighted by molar-refractivity contribution is 6.05. The van der Waals surface area contributed by atoms with Gasteiger partial charge in [-0.05, 0) is 12.1 Å². The molecular weight excluding hydrogens is 295 g/mol. The van der Waals surface area contributed by atoms with E-state index >= 15 is 0 Å². The van der Waals surface area contributed by atoms with E-state index in [0.29, 0.717) is 12.1 Å². The molecule has 0 radical (unpaired) electrons. The van der Waals surface area contributed by atoms with Crippen molar-refractivity contribution in [3.8, 4) is 0 Å². The number of hydrogen-bond acceptors (Lipinski definition) is 2. The van der Waals surface area contributed by atoms with Crippen molar-refractivity contribution in [3.05, 3.63) is 58.9 Å². The predicted molar refractivity (Wildman–Crippen MR) is 65.0 cm³/mol. The van der Waals surface area contributed by atoms with Crippen LogP contribution in [-0.4, -0.2) is 5.91 Å². The van der Waals surface area contributed by atoms with E-state index in [-0.39, 0.29) is 0 Å². The summed E-state index contributed by atoms with van der Waals surface area (Å²) in [6.45, 7) is 0. The molecule has 0 spiro atoms. The third-order valence-corrected chi connectivity index (χ3v) is 2.59. The molecule has 0 aliphatic heterocycles. The van der Waals surface area contributed by atoms with Gasteiger partial charge < -0.3 is 11.1 Å². The summed E-state index contributed by atoms with van der Waals surface area (Å²) in [5.74, 6) is -8.14. The average Bonchev–Trinajstić information content (AvgIpc) is 2.38.